The average Bonchev–Trinajstić information content (AvgIpc) is 2.25. The zero-order valence-corrected chi connectivity index (χ0v) is 13.0. The van der Waals surface area contributed by atoms with E-state index >= 15 is 0 Å². The first-order chi connectivity index (χ1) is 8.90. The quantitative estimate of drug-likeness (QED) is 0.804. The van der Waals surface area contributed by atoms with Crippen LogP contribution in [-0.4, -0.2) is 24.3 Å². The van der Waals surface area contributed by atoms with Crippen LogP contribution < -0.4 is 5.32 Å². The molecule has 3 N–H and O–H groups in total. The van der Waals surface area contributed by atoms with Gasteiger partial charge in [0.1, 0.15) is 6.04 Å². The molecule has 0 aromatic rings. The first-order valence-corrected chi connectivity index (χ1v) is 8.34. The van der Waals surface area contributed by atoms with Crippen molar-refractivity contribution in [2.24, 2.45) is 28.6 Å². The van der Waals surface area contributed by atoms with E-state index in [2.05, 4.69) is 26.1 Å². The maximum Gasteiger partial charge on any atom is 0.115 e. The Labute approximate surface area is 118 Å². The Balaban J connectivity index is 1.71. The fourth-order valence-corrected chi connectivity index (χ4v) is 5.65. The van der Waals surface area contributed by atoms with E-state index in [4.69, 9.17) is 0 Å². The van der Waals surface area contributed by atoms with Crippen molar-refractivity contribution in [1.29, 1.82) is 0 Å². The van der Waals surface area contributed by atoms with Gasteiger partial charge in [-0.2, -0.15) is 0 Å². The van der Waals surface area contributed by atoms with Gasteiger partial charge in [0.15, 0.2) is 0 Å². The van der Waals surface area contributed by atoms with Crippen molar-refractivity contribution >= 4 is 0 Å². The third-order valence-corrected chi connectivity index (χ3v) is 6.08. The lowest BCUT2D eigenvalue weighted by atomic mass is 9.47. The largest absolute Gasteiger partial charge is 0.390 e. The van der Waals surface area contributed by atoms with Crippen LogP contribution in [0.15, 0.2) is 0 Å². The van der Waals surface area contributed by atoms with E-state index in [-0.39, 0.29) is 0 Å². The van der Waals surface area contributed by atoms with Crippen molar-refractivity contribution in [3.63, 3.8) is 0 Å². The summed E-state index contributed by atoms with van der Waals surface area (Å²) >= 11 is 0. The summed E-state index contributed by atoms with van der Waals surface area (Å²) < 4.78 is 0. The van der Waals surface area contributed by atoms with E-state index in [9.17, 15) is 5.11 Å². The minimum absolute atomic E-state index is 0.357. The maximum atomic E-state index is 9.95. The Morgan fingerprint density at radius 2 is 1.53 bits per heavy atom. The molecule has 4 aliphatic carbocycles. The van der Waals surface area contributed by atoms with E-state index in [0.29, 0.717) is 23.5 Å². The smallest absolute Gasteiger partial charge is 0.115 e. The van der Waals surface area contributed by atoms with Gasteiger partial charge >= 0.3 is 0 Å². The lowest BCUT2D eigenvalue weighted by molar-refractivity contribution is -0.715. The fraction of sp³-hybridized carbons (Fsp3) is 1.00. The van der Waals surface area contributed by atoms with Gasteiger partial charge in [-0.15, -0.1) is 0 Å². The van der Waals surface area contributed by atoms with E-state index in [1.165, 1.54) is 38.5 Å². The van der Waals surface area contributed by atoms with Crippen molar-refractivity contribution < 1.29 is 10.4 Å². The van der Waals surface area contributed by atoms with E-state index < -0.39 is 0 Å². The van der Waals surface area contributed by atoms with Crippen LogP contribution in [0.3, 0.4) is 0 Å². The molecule has 0 unspecified atom stereocenters. The van der Waals surface area contributed by atoms with Crippen LogP contribution in [0.25, 0.3) is 0 Å². The molecule has 2 heteroatoms. The molecule has 2 nitrogen and oxygen atoms in total. The molecule has 4 saturated carbocycles. The SMILES string of the molecule is CC(C)(C)C[NH2+][C@@H](CO)C12CC3CC(CC(C3)C1)C2. The molecule has 110 valence electrons. The van der Waals surface area contributed by atoms with Crippen LogP contribution in [0, 0.1) is 28.6 Å². The van der Waals surface area contributed by atoms with Gasteiger partial charge in [0.25, 0.3) is 0 Å². The Bertz CT molecular complexity index is 295. The molecule has 4 bridgehead atoms. The highest BCUT2D eigenvalue weighted by Gasteiger charge is 2.55. The Morgan fingerprint density at radius 1 is 1.05 bits per heavy atom. The Hall–Kier alpha value is -0.0800. The summed E-state index contributed by atoms with van der Waals surface area (Å²) in [5.74, 6) is 2.97. The monoisotopic (exact) mass is 266 g/mol. The molecule has 0 spiro atoms. The lowest BCUT2D eigenvalue weighted by Crippen LogP contribution is -2.96. The molecule has 0 saturated heterocycles. The number of rotatable bonds is 4. The van der Waals surface area contributed by atoms with Crippen LogP contribution in [-0.2, 0) is 0 Å². The second-order valence-corrected chi connectivity index (χ2v) is 9.07. The zero-order chi connectivity index (χ0) is 13.7. The van der Waals surface area contributed by atoms with Crippen LogP contribution >= 0.6 is 0 Å². The van der Waals surface area contributed by atoms with Gasteiger partial charge < -0.3 is 10.4 Å². The summed E-state index contributed by atoms with van der Waals surface area (Å²) in [7, 11) is 0. The van der Waals surface area contributed by atoms with Gasteiger partial charge in [-0.05, 0) is 56.3 Å². The summed E-state index contributed by atoms with van der Waals surface area (Å²) in [6, 6.07) is 0.458. The van der Waals surface area contributed by atoms with E-state index in [1.807, 2.05) is 0 Å². The minimum Gasteiger partial charge on any atom is -0.390 e. The molecule has 4 rings (SSSR count). The standard InChI is InChI=1S/C17H31NO/c1-16(2,3)11-18-15(10-19)17-7-12-4-13(8-17)6-14(5-12)9-17/h12-15,18-19H,4-11H2,1-3H3/p+1/t12?,13?,14?,15-,17?/m0/s1. The third-order valence-electron chi connectivity index (χ3n) is 6.08. The molecule has 4 fully saturated rings. The molecule has 0 heterocycles. The Morgan fingerprint density at radius 3 is 1.89 bits per heavy atom. The highest BCUT2D eigenvalue weighted by Crippen LogP contribution is 2.60. The van der Waals surface area contributed by atoms with Gasteiger partial charge in [-0.3, -0.25) is 0 Å². The predicted molar refractivity (Wildman–Crippen MR) is 77.7 cm³/mol. The molecule has 1 atom stereocenters. The normalized spacial score (nSPS) is 42.6. The van der Waals surface area contributed by atoms with Gasteiger partial charge in [-0.1, -0.05) is 20.8 Å². The molecule has 4 aliphatic rings. The van der Waals surface area contributed by atoms with Gasteiger partial charge in [0.2, 0.25) is 0 Å². The summed E-state index contributed by atoms with van der Waals surface area (Å²) in [4.78, 5) is 0. The second kappa shape index (κ2) is 4.73. The lowest BCUT2D eigenvalue weighted by Gasteiger charge is -2.58. The number of aliphatic hydroxyl groups is 1. The molecule has 19 heavy (non-hydrogen) atoms. The van der Waals surface area contributed by atoms with Crippen molar-refractivity contribution in [2.45, 2.75) is 65.3 Å². The molecule has 0 aromatic heterocycles. The minimum atomic E-state index is 0.357. The van der Waals surface area contributed by atoms with Crippen LogP contribution in [0.1, 0.15) is 59.3 Å². The average molecular weight is 266 g/mol. The Kier molecular flexibility index (Phi) is 3.46. The fourth-order valence-electron chi connectivity index (χ4n) is 5.65. The number of hydrogen-bond donors (Lipinski definition) is 2. The number of quaternary nitrogens is 1. The van der Waals surface area contributed by atoms with Crippen LogP contribution in [0.5, 0.6) is 0 Å². The van der Waals surface area contributed by atoms with E-state index in [0.717, 1.165) is 24.3 Å². The first-order valence-electron chi connectivity index (χ1n) is 8.34. The number of nitrogens with two attached hydrogens (primary N) is 1. The molecule has 0 aliphatic heterocycles. The van der Waals surface area contributed by atoms with Crippen molar-refractivity contribution in [3.05, 3.63) is 0 Å². The van der Waals surface area contributed by atoms with Crippen molar-refractivity contribution in [2.75, 3.05) is 13.2 Å². The molecular formula is C17H32NO+. The van der Waals surface area contributed by atoms with E-state index in [1.54, 1.807) is 0 Å². The summed E-state index contributed by atoms with van der Waals surface area (Å²) in [6.07, 6.45) is 8.71. The van der Waals surface area contributed by atoms with Gasteiger partial charge in [-0.25, -0.2) is 0 Å². The summed E-state index contributed by atoms with van der Waals surface area (Å²) in [5, 5.41) is 12.4. The van der Waals surface area contributed by atoms with Gasteiger partial charge in [0, 0.05) is 10.8 Å². The van der Waals surface area contributed by atoms with Crippen LogP contribution in [0.4, 0.5) is 0 Å². The predicted octanol–water partition coefficient (Wildman–Crippen LogP) is 2.17. The topological polar surface area (TPSA) is 36.8 Å². The highest BCUT2D eigenvalue weighted by atomic mass is 16.3. The number of hydrogen-bond acceptors (Lipinski definition) is 1. The molecule has 0 radical (unpaired) electrons. The van der Waals surface area contributed by atoms with Crippen molar-refractivity contribution in [3.8, 4) is 0 Å². The number of aliphatic hydroxyl groups excluding tert-OH is 1. The molecule has 0 aromatic carbocycles. The highest BCUT2D eigenvalue weighted by molar-refractivity contribution is 5.04. The third kappa shape index (κ3) is 2.71. The maximum absolute atomic E-state index is 9.95. The zero-order valence-electron chi connectivity index (χ0n) is 13.0. The first kappa shape index (κ1) is 13.9. The molecule has 0 amide bonds. The second-order valence-electron chi connectivity index (χ2n) is 9.07. The summed E-state index contributed by atoms with van der Waals surface area (Å²) in [6.45, 7) is 8.43. The molecular weight excluding hydrogens is 234 g/mol. The van der Waals surface area contributed by atoms with Gasteiger partial charge in [0.05, 0.1) is 13.2 Å². The van der Waals surface area contributed by atoms with Crippen LogP contribution in [0.2, 0.25) is 0 Å². The summed E-state index contributed by atoms with van der Waals surface area (Å²) in [5.41, 5.74) is 0.838. The van der Waals surface area contributed by atoms with Crippen molar-refractivity contribution in [1.82, 2.24) is 0 Å².